The lowest BCUT2D eigenvalue weighted by Crippen LogP contribution is -2.46. The minimum atomic E-state index is -0.636. The van der Waals surface area contributed by atoms with Crippen LogP contribution >= 0.6 is 0 Å². The summed E-state index contributed by atoms with van der Waals surface area (Å²) in [6.45, 7) is 9.74. The number of aliphatic hydroxyl groups is 1. The SMILES string of the molecule is CC(=O)OC1CCC(C)=C2CC(C(C)(C)O)CCC21C. The van der Waals surface area contributed by atoms with Crippen LogP contribution in [-0.2, 0) is 9.53 Å². The van der Waals surface area contributed by atoms with Gasteiger partial charge in [-0.2, -0.15) is 0 Å². The van der Waals surface area contributed by atoms with E-state index in [4.69, 9.17) is 4.74 Å². The predicted molar refractivity (Wildman–Crippen MR) is 79.2 cm³/mol. The number of fused-ring (bicyclic) bond motifs is 1. The van der Waals surface area contributed by atoms with E-state index < -0.39 is 5.60 Å². The van der Waals surface area contributed by atoms with Crippen molar-refractivity contribution in [2.45, 2.75) is 78.4 Å². The molecule has 0 aliphatic heterocycles. The van der Waals surface area contributed by atoms with Crippen LogP contribution in [0.15, 0.2) is 11.1 Å². The number of carbonyl (C=O) groups is 1. The van der Waals surface area contributed by atoms with Crippen LogP contribution in [0.3, 0.4) is 0 Å². The minimum absolute atomic E-state index is 0.00135. The molecule has 2 rings (SSSR count). The first-order valence-electron chi connectivity index (χ1n) is 7.73. The van der Waals surface area contributed by atoms with E-state index in [1.54, 1.807) is 0 Å². The van der Waals surface area contributed by atoms with Gasteiger partial charge in [0, 0.05) is 12.3 Å². The lowest BCUT2D eigenvalue weighted by Gasteiger charge is -2.50. The second-order valence-corrected chi connectivity index (χ2v) is 7.41. The molecule has 0 aromatic carbocycles. The average Bonchev–Trinajstić information content (AvgIpc) is 2.31. The summed E-state index contributed by atoms with van der Waals surface area (Å²) in [5.41, 5.74) is 2.19. The second kappa shape index (κ2) is 5.18. The van der Waals surface area contributed by atoms with E-state index in [1.165, 1.54) is 18.1 Å². The van der Waals surface area contributed by atoms with E-state index in [2.05, 4.69) is 13.8 Å². The molecule has 114 valence electrons. The van der Waals surface area contributed by atoms with Gasteiger partial charge in [-0.05, 0) is 58.8 Å². The van der Waals surface area contributed by atoms with E-state index >= 15 is 0 Å². The Morgan fingerprint density at radius 3 is 2.60 bits per heavy atom. The first-order valence-corrected chi connectivity index (χ1v) is 7.73. The molecule has 1 fully saturated rings. The monoisotopic (exact) mass is 280 g/mol. The first-order chi connectivity index (χ1) is 9.14. The van der Waals surface area contributed by atoms with Gasteiger partial charge in [-0.15, -0.1) is 0 Å². The lowest BCUT2D eigenvalue weighted by molar-refractivity contribution is -0.154. The molecular formula is C17H28O3. The van der Waals surface area contributed by atoms with Crippen LogP contribution in [0, 0.1) is 11.3 Å². The van der Waals surface area contributed by atoms with Crippen molar-refractivity contribution < 1.29 is 14.6 Å². The highest BCUT2D eigenvalue weighted by atomic mass is 16.5. The molecule has 3 unspecified atom stereocenters. The summed E-state index contributed by atoms with van der Waals surface area (Å²) >= 11 is 0. The summed E-state index contributed by atoms with van der Waals surface area (Å²) in [5, 5.41) is 10.3. The number of hydrogen-bond acceptors (Lipinski definition) is 3. The number of hydrogen-bond donors (Lipinski definition) is 1. The Labute approximate surface area is 122 Å². The van der Waals surface area contributed by atoms with Crippen LogP contribution in [0.4, 0.5) is 0 Å². The predicted octanol–water partition coefficient (Wildman–Crippen LogP) is 3.61. The van der Waals surface area contributed by atoms with E-state index in [-0.39, 0.29) is 17.5 Å². The van der Waals surface area contributed by atoms with E-state index in [0.717, 1.165) is 32.1 Å². The average molecular weight is 280 g/mol. The van der Waals surface area contributed by atoms with Crippen molar-refractivity contribution in [3.63, 3.8) is 0 Å². The number of rotatable bonds is 2. The van der Waals surface area contributed by atoms with Gasteiger partial charge in [0.05, 0.1) is 5.60 Å². The summed E-state index contributed by atoms with van der Waals surface area (Å²) in [7, 11) is 0. The Bertz CT molecular complexity index is 430. The summed E-state index contributed by atoms with van der Waals surface area (Å²) < 4.78 is 5.60. The van der Waals surface area contributed by atoms with Gasteiger partial charge in [-0.1, -0.05) is 18.1 Å². The topological polar surface area (TPSA) is 46.5 Å². The normalized spacial score (nSPS) is 34.7. The van der Waals surface area contributed by atoms with Gasteiger partial charge >= 0.3 is 5.97 Å². The molecule has 0 amide bonds. The van der Waals surface area contributed by atoms with Crippen LogP contribution in [0.25, 0.3) is 0 Å². The van der Waals surface area contributed by atoms with E-state index in [1.807, 2.05) is 13.8 Å². The van der Waals surface area contributed by atoms with Crippen LogP contribution in [-0.4, -0.2) is 22.8 Å². The summed E-state index contributed by atoms with van der Waals surface area (Å²) in [6.07, 6.45) is 4.85. The number of carbonyl (C=O) groups excluding carboxylic acids is 1. The molecule has 0 spiro atoms. The molecule has 3 nitrogen and oxygen atoms in total. The molecule has 2 aliphatic carbocycles. The molecule has 3 heteroatoms. The van der Waals surface area contributed by atoms with Crippen molar-refractivity contribution in [3.05, 3.63) is 11.1 Å². The smallest absolute Gasteiger partial charge is 0.302 e. The second-order valence-electron chi connectivity index (χ2n) is 7.41. The zero-order valence-electron chi connectivity index (χ0n) is 13.5. The first kappa shape index (κ1) is 15.6. The third-order valence-corrected chi connectivity index (χ3v) is 5.47. The maximum absolute atomic E-state index is 11.4. The van der Waals surface area contributed by atoms with Crippen LogP contribution in [0.5, 0.6) is 0 Å². The summed E-state index contributed by atoms with van der Waals surface area (Å²) in [4.78, 5) is 11.4. The maximum atomic E-state index is 11.4. The summed E-state index contributed by atoms with van der Waals surface area (Å²) in [5.74, 6) is 0.122. The molecule has 0 radical (unpaired) electrons. The van der Waals surface area contributed by atoms with Crippen LogP contribution in [0.2, 0.25) is 0 Å². The molecule has 20 heavy (non-hydrogen) atoms. The van der Waals surface area contributed by atoms with Crippen molar-refractivity contribution in [1.29, 1.82) is 0 Å². The van der Waals surface area contributed by atoms with Gasteiger partial charge in [0.15, 0.2) is 0 Å². The molecule has 3 atom stereocenters. The van der Waals surface area contributed by atoms with Crippen molar-refractivity contribution in [2.75, 3.05) is 0 Å². The van der Waals surface area contributed by atoms with Crippen molar-refractivity contribution in [1.82, 2.24) is 0 Å². The molecule has 0 aromatic rings. The molecule has 0 saturated heterocycles. The molecular weight excluding hydrogens is 252 g/mol. The Kier molecular flexibility index (Phi) is 4.03. The summed E-state index contributed by atoms with van der Waals surface area (Å²) in [6, 6.07) is 0. The molecule has 1 saturated carbocycles. The fourth-order valence-corrected chi connectivity index (χ4v) is 4.03. The Hall–Kier alpha value is -0.830. The largest absolute Gasteiger partial charge is 0.462 e. The third kappa shape index (κ3) is 2.78. The Morgan fingerprint density at radius 2 is 2.05 bits per heavy atom. The van der Waals surface area contributed by atoms with Gasteiger partial charge in [0.2, 0.25) is 0 Å². The Balaban J connectivity index is 2.28. The zero-order valence-corrected chi connectivity index (χ0v) is 13.5. The lowest BCUT2D eigenvalue weighted by atomic mass is 9.58. The standard InChI is InChI=1S/C17H28O3/c1-11-6-7-15(20-12(2)18)17(5)9-8-13(10-14(11)17)16(3,4)19/h13,15,19H,6-10H2,1-5H3. The van der Waals surface area contributed by atoms with E-state index in [0.29, 0.717) is 5.92 Å². The molecule has 1 N–H and O–H groups in total. The minimum Gasteiger partial charge on any atom is -0.462 e. The third-order valence-electron chi connectivity index (χ3n) is 5.47. The van der Waals surface area contributed by atoms with Gasteiger partial charge in [0.1, 0.15) is 6.10 Å². The Morgan fingerprint density at radius 1 is 1.40 bits per heavy atom. The maximum Gasteiger partial charge on any atom is 0.302 e. The number of ether oxygens (including phenoxy) is 1. The quantitative estimate of drug-likeness (QED) is 0.621. The molecule has 0 heterocycles. The van der Waals surface area contributed by atoms with Gasteiger partial charge in [0.25, 0.3) is 0 Å². The van der Waals surface area contributed by atoms with Crippen molar-refractivity contribution in [2.24, 2.45) is 11.3 Å². The fourth-order valence-electron chi connectivity index (χ4n) is 4.03. The van der Waals surface area contributed by atoms with Crippen molar-refractivity contribution >= 4 is 5.97 Å². The van der Waals surface area contributed by atoms with Crippen LogP contribution < -0.4 is 0 Å². The van der Waals surface area contributed by atoms with Gasteiger partial charge < -0.3 is 9.84 Å². The number of allylic oxidation sites excluding steroid dienone is 1. The van der Waals surface area contributed by atoms with Crippen LogP contribution in [0.1, 0.15) is 66.7 Å². The van der Waals surface area contributed by atoms with Gasteiger partial charge in [-0.3, -0.25) is 4.79 Å². The highest BCUT2D eigenvalue weighted by Gasteiger charge is 2.48. The molecule has 0 aromatic heterocycles. The molecule has 0 bridgehead atoms. The zero-order chi connectivity index (χ0) is 15.1. The van der Waals surface area contributed by atoms with Gasteiger partial charge in [-0.25, -0.2) is 0 Å². The highest BCUT2D eigenvalue weighted by Crippen LogP contribution is 2.53. The highest BCUT2D eigenvalue weighted by molar-refractivity contribution is 5.66. The fraction of sp³-hybridized carbons (Fsp3) is 0.824. The van der Waals surface area contributed by atoms with Crippen molar-refractivity contribution in [3.8, 4) is 0 Å². The number of esters is 1. The van der Waals surface area contributed by atoms with E-state index in [9.17, 15) is 9.90 Å². The molecule has 2 aliphatic rings.